The summed E-state index contributed by atoms with van der Waals surface area (Å²) in [4.78, 5) is 18.1. The minimum atomic E-state index is 0.168. The normalized spacial score (nSPS) is 16.0. The zero-order chi connectivity index (χ0) is 21.9. The van der Waals surface area contributed by atoms with Gasteiger partial charge in [-0.05, 0) is 36.2 Å². The van der Waals surface area contributed by atoms with Crippen LogP contribution in [0.4, 0.5) is 0 Å². The molecular formula is C25H25ClN4O2. The van der Waals surface area contributed by atoms with Gasteiger partial charge in [-0.1, -0.05) is 41.9 Å². The van der Waals surface area contributed by atoms with E-state index in [1.165, 1.54) is 0 Å². The van der Waals surface area contributed by atoms with Crippen LogP contribution >= 0.6 is 11.6 Å². The topological polar surface area (TPSA) is 74.0 Å². The van der Waals surface area contributed by atoms with Gasteiger partial charge in [0.1, 0.15) is 5.75 Å². The molecule has 1 aliphatic heterocycles. The number of ether oxygens (including phenoxy) is 1. The molecule has 2 aromatic carbocycles. The smallest absolute Gasteiger partial charge is 0.227 e. The summed E-state index contributed by atoms with van der Waals surface area (Å²) >= 11 is 6.13. The SMILES string of the molecule is O=C(Cc1c[nH]c2ccccc12)N1CCC(c2cc(CCOc3ccccc3Cl)[nH]n2)C1. The number of carbonyl (C=O) groups excluding carboxylic acids is 1. The number of fused-ring (bicyclic) bond motifs is 1. The molecule has 5 rings (SSSR count). The van der Waals surface area contributed by atoms with Crippen molar-refractivity contribution in [1.29, 1.82) is 0 Å². The molecule has 0 aliphatic carbocycles. The lowest BCUT2D eigenvalue weighted by Gasteiger charge is -2.16. The second kappa shape index (κ2) is 9.09. The van der Waals surface area contributed by atoms with Crippen LogP contribution < -0.4 is 4.74 Å². The van der Waals surface area contributed by atoms with E-state index in [9.17, 15) is 4.79 Å². The standard InChI is InChI=1S/C25H25ClN4O2/c26-21-6-2-4-8-24(21)32-12-10-19-14-23(29-28-19)17-9-11-30(16-17)25(31)13-18-15-27-22-7-3-1-5-20(18)22/h1-8,14-15,17,27H,9-13,16H2,(H,28,29). The summed E-state index contributed by atoms with van der Waals surface area (Å²) < 4.78 is 5.77. The van der Waals surface area contributed by atoms with Gasteiger partial charge in [0.25, 0.3) is 0 Å². The first-order valence-electron chi connectivity index (χ1n) is 10.9. The number of aromatic nitrogens is 3. The maximum Gasteiger partial charge on any atom is 0.227 e. The highest BCUT2D eigenvalue weighted by Crippen LogP contribution is 2.28. The Kier molecular flexibility index (Phi) is 5.86. The van der Waals surface area contributed by atoms with E-state index in [0.29, 0.717) is 36.8 Å². The second-order valence-electron chi connectivity index (χ2n) is 8.21. The molecule has 1 saturated heterocycles. The number of para-hydroxylation sites is 2. The molecule has 1 atom stereocenters. The van der Waals surface area contributed by atoms with Gasteiger partial charge >= 0.3 is 0 Å². The minimum absolute atomic E-state index is 0.168. The van der Waals surface area contributed by atoms with Crippen LogP contribution in [0.15, 0.2) is 60.8 Å². The van der Waals surface area contributed by atoms with E-state index in [1.807, 2.05) is 53.6 Å². The predicted molar refractivity (Wildman–Crippen MR) is 125 cm³/mol. The predicted octanol–water partition coefficient (Wildman–Crippen LogP) is 4.72. The van der Waals surface area contributed by atoms with Gasteiger partial charge < -0.3 is 14.6 Å². The fourth-order valence-corrected chi connectivity index (χ4v) is 4.52. The third kappa shape index (κ3) is 4.36. The van der Waals surface area contributed by atoms with Crippen molar-refractivity contribution in [3.63, 3.8) is 0 Å². The van der Waals surface area contributed by atoms with Crippen LogP contribution in [-0.4, -0.2) is 45.7 Å². The molecule has 0 saturated carbocycles. The highest BCUT2D eigenvalue weighted by Gasteiger charge is 2.29. The number of carbonyl (C=O) groups is 1. The zero-order valence-corrected chi connectivity index (χ0v) is 18.4. The molecular weight excluding hydrogens is 424 g/mol. The summed E-state index contributed by atoms with van der Waals surface area (Å²) in [6, 6.07) is 17.6. The summed E-state index contributed by atoms with van der Waals surface area (Å²) in [6.45, 7) is 2.00. The van der Waals surface area contributed by atoms with Crippen molar-refractivity contribution in [2.75, 3.05) is 19.7 Å². The van der Waals surface area contributed by atoms with Crippen molar-refractivity contribution in [2.45, 2.75) is 25.2 Å². The first kappa shape index (κ1) is 20.6. The Labute approximate surface area is 191 Å². The van der Waals surface area contributed by atoms with E-state index in [2.05, 4.69) is 27.3 Å². The second-order valence-corrected chi connectivity index (χ2v) is 8.62. The third-order valence-corrected chi connectivity index (χ3v) is 6.40. The Morgan fingerprint density at radius 3 is 2.94 bits per heavy atom. The molecule has 4 aromatic rings. The van der Waals surface area contributed by atoms with E-state index >= 15 is 0 Å². The molecule has 6 nitrogen and oxygen atoms in total. The fraction of sp³-hybridized carbons (Fsp3) is 0.280. The average Bonchev–Trinajstić information content (AvgIpc) is 3.55. The van der Waals surface area contributed by atoms with Crippen molar-refractivity contribution in [1.82, 2.24) is 20.1 Å². The zero-order valence-electron chi connectivity index (χ0n) is 17.7. The monoisotopic (exact) mass is 448 g/mol. The van der Waals surface area contributed by atoms with Crippen molar-refractivity contribution >= 4 is 28.4 Å². The van der Waals surface area contributed by atoms with E-state index in [1.54, 1.807) is 0 Å². The number of rotatable bonds is 7. The molecule has 0 bridgehead atoms. The van der Waals surface area contributed by atoms with Crippen LogP contribution in [0.5, 0.6) is 5.75 Å². The summed E-state index contributed by atoms with van der Waals surface area (Å²) in [5, 5.41) is 9.35. The van der Waals surface area contributed by atoms with Gasteiger partial charge in [-0.2, -0.15) is 5.10 Å². The van der Waals surface area contributed by atoms with Gasteiger partial charge in [-0.25, -0.2) is 0 Å². The largest absolute Gasteiger partial charge is 0.492 e. The van der Waals surface area contributed by atoms with Gasteiger partial charge in [-0.15, -0.1) is 0 Å². The van der Waals surface area contributed by atoms with Crippen LogP contribution in [0.3, 0.4) is 0 Å². The molecule has 1 fully saturated rings. The van der Waals surface area contributed by atoms with Crippen LogP contribution in [0, 0.1) is 0 Å². The number of hydrogen-bond acceptors (Lipinski definition) is 3. The number of hydrogen-bond donors (Lipinski definition) is 2. The third-order valence-electron chi connectivity index (χ3n) is 6.09. The molecule has 164 valence electrons. The van der Waals surface area contributed by atoms with Gasteiger partial charge in [0, 0.05) is 48.2 Å². The van der Waals surface area contributed by atoms with Gasteiger partial charge in [0.15, 0.2) is 0 Å². The van der Waals surface area contributed by atoms with E-state index < -0.39 is 0 Å². The molecule has 32 heavy (non-hydrogen) atoms. The fourth-order valence-electron chi connectivity index (χ4n) is 4.33. The lowest BCUT2D eigenvalue weighted by molar-refractivity contribution is -0.129. The van der Waals surface area contributed by atoms with E-state index in [-0.39, 0.29) is 11.8 Å². The number of amides is 1. The van der Waals surface area contributed by atoms with Crippen LogP contribution in [-0.2, 0) is 17.6 Å². The maximum atomic E-state index is 12.9. The summed E-state index contributed by atoms with van der Waals surface area (Å²) in [6.07, 6.45) is 4.01. The molecule has 0 radical (unpaired) electrons. The first-order valence-corrected chi connectivity index (χ1v) is 11.3. The van der Waals surface area contributed by atoms with Crippen LogP contribution in [0.2, 0.25) is 5.02 Å². The number of likely N-dealkylation sites (tertiary alicyclic amines) is 1. The molecule has 3 heterocycles. The molecule has 1 unspecified atom stereocenters. The molecule has 2 aromatic heterocycles. The molecule has 7 heteroatoms. The summed E-state index contributed by atoms with van der Waals surface area (Å²) in [7, 11) is 0. The molecule has 1 amide bonds. The van der Waals surface area contributed by atoms with Crippen molar-refractivity contribution in [3.05, 3.63) is 82.8 Å². The van der Waals surface area contributed by atoms with E-state index in [0.717, 1.165) is 40.8 Å². The Bertz CT molecular complexity index is 1230. The van der Waals surface area contributed by atoms with Crippen molar-refractivity contribution < 1.29 is 9.53 Å². The Morgan fingerprint density at radius 1 is 1.19 bits per heavy atom. The number of halogens is 1. The Hall–Kier alpha value is -3.25. The summed E-state index contributed by atoms with van der Waals surface area (Å²) in [5.74, 6) is 1.12. The molecule has 0 spiro atoms. The number of benzene rings is 2. The van der Waals surface area contributed by atoms with E-state index in [4.69, 9.17) is 16.3 Å². The van der Waals surface area contributed by atoms with Crippen molar-refractivity contribution in [2.24, 2.45) is 0 Å². The Balaban J connectivity index is 1.15. The molecule has 1 aliphatic rings. The molecule has 2 N–H and O–H groups in total. The average molecular weight is 449 g/mol. The lowest BCUT2D eigenvalue weighted by atomic mass is 10.0. The van der Waals surface area contributed by atoms with Gasteiger partial charge in [0.2, 0.25) is 5.91 Å². The summed E-state index contributed by atoms with van der Waals surface area (Å²) in [5.41, 5.74) is 4.16. The Morgan fingerprint density at radius 2 is 2.03 bits per heavy atom. The van der Waals surface area contributed by atoms with Gasteiger partial charge in [0.05, 0.1) is 23.7 Å². The number of nitrogens with zero attached hydrogens (tertiary/aromatic N) is 2. The van der Waals surface area contributed by atoms with Crippen LogP contribution in [0.25, 0.3) is 10.9 Å². The number of H-pyrrole nitrogens is 2. The number of aromatic amines is 2. The van der Waals surface area contributed by atoms with Crippen LogP contribution in [0.1, 0.15) is 29.3 Å². The quantitative estimate of drug-likeness (QED) is 0.429. The maximum absolute atomic E-state index is 12.9. The highest BCUT2D eigenvalue weighted by molar-refractivity contribution is 6.32. The van der Waals surface area contributed by atoms with Gasteiger partial charge in [-0.3, -0.25) is 9.89 Å². The first-order chi connectivity index (χ1) is 15.7. The highest BCUT2D eigenvalue weighted by atomic mass is 35.5. The lowest BCUT2D eigenvalue weighted by Crippen LogP contribution is -2.29. The number of nitrogens with one attached hydrogen (secondary N) is 2. The minimum Gasteiger partial charge on any atom is -0.492 e. The van der Waals surface area contributed by atoms with Crippen molar-refractivity contribution in [3.8, 4) is 5.75 Å².